The van der Waals surface area contributed by atoms with E-state index in [4.69, 9.17) is 9.05 Å². The molecule has 0 saturated heterocycles. The van der Waals surface area contributed by atoms with Crippen molar-refractivity contribution < 1.29 is 32.9 Å². The van der Waals surface area contributed by atoms with E-state index in [2.05, 4.69) is 177 Å². The van der Waals surface area contributed by atoms with Gasteiger partial charge in [0.1, 0.15) is 13.2 Å². The van der Waals surface area contributed by atoms with Gasteiger partial charge in [-0.25, -0.2) is 4.57 Å². The Morgan fingerprint density at radius 3 is 0.968 bits per heavy atom. The number of carbonyl (C=O) groups is 1. The summed E-state index contributed by atoms with van der Waals surface area (Å²) in [6.45, 7) is 4.67. The van der Waals surface area contributed by atoms with Gasteiger partial charge in [0.25, 0.3) is 0 Å². The van der Waals surface area contributed by atoms with Gasteiger partial charge in [0.15, 0.2) is 0 Å². The molecule has 0 aromatic carbocycles. The van der Waals surface area contributed by atoms with Gasteiger partial charge in [-0.3, -0.25) is 13.8 Å². The summed E-state index contributed by atoms with van der Waals surface area (Å²) < 4.78 is 23.8. The first-order valence-electron chi connectivity index (χ1n) is 39.0. The van der Waals surface area contributed by atoms with Gasteiger partial charge in [0, 0.05) is 6.42 Å². The lowest BCUT2D eigenvalue weighted by Crippen LogP contribution is -2.45. The third kappa shape index (κ3) is 77.1. The Bertz CT molecular complexity index is 2160. The first-order chi connectivity index (χ1) is 46.5. The van der Waals surface area contributed by atoms with Gasteiger partial charge in [-0.1, -0.05) is 351 Å². The fraction of sp³-hybridized carbons (Fsp3) is 0.663. The summed E-state index contributed by atoms with van der Waals surface area (Å²) >= 11 is 0. The van der Waals surface area contributed by atoms with Crippen molar-refractivity contribution in [1.29, 1.82) is 0 Å². The molecule has 542 valence electrons. The summed E-state index contributed by atoms with van der Waals surface area (Å²) in [6.07, 6.45) is 117. The average molecular weight is 1340 g/mol. The molecule has 0 heterocycles. The van der Waals surface area contributed by atoms with Crippen LogP contribution in [0.25, 0.3) is 0 Å². The fourth-order valence-corrected chi connectivity index (χ4v) is 11.4. The number of nitrogens with zero attached hydrogens (tertiary/aromatic N) is 1. The third-order valence-electron chi connectivity index (χ3n) is 16.6. The van der Waals surface area contributed by atoms with Gasteiger partial charge in [0.05, 0.1) is 39.9 Å². The molecular formula is C86H148N2O6P+. The summed E-state index contributed by atoms with van der Waals surface area (Å²) in [4.78, 5) is 23.5. The lowest BCUT2D eigenvalue weighted by Gasteiger charge is -2.25. The highest BCUT2D eigenvalue weighted by Gasteiger charge is 2.28. The second-order valence-corrected chi connectivity index (χ2v) is 28.4. The van der Waals surface area contributed by atoms with Gasteiger partial charge >= 0.3 is 7.82 Å². The number of rotatable bonds is 70. The molecule has 0 aliphatic heterocycles. The van der Waals surface area contributed by atoms with Crippen molar-refractivity contribution in [3.8, 4) is 0 Å². The van der Waals surface area contributed by atoms with E-state index in [1.807, 2.05) is 27.2 Å². The zero-order valence-electron chi connectivity index (χ0n) is 62.1. The topological polar surface area (TPSA) is 105 Å². The highest BCUT2D eigenvalue weighted by atomic mass is 31.2. The summed E-state index contributed by atoms with van der Waals surface area (Å²) in [5.41, 5.74) is 0. The number of quaternary nitrogens is 1. The highest BCUT2D eigenvalue weighted by Crippen LogP contribution is 2.43. The smallest absolute Gasteiger partial charge is 0.387 e. The Balaban J connectivity index is 4.17. The maximum atomic E-state index is 13.1. The van der Waals surface area contributed by atoms with E-state index < -0.39 is 20.0 Å². The number of likely N-dealkylation sites (N-methyl/N-ethyl adjacent to an activating group) is 1. The van der Waals surface area contributed by atoms with E-state index in [9.17, 15) is 19.4 Å². The number of phosphoric ester groups is 1. The van der Waals surface area contributed by atoms with Crippen LogP contribution in [0.5, 0.6) is 0 Å². The lowest BCUT2D eigenvalue weighted by molar-refractivity contribution is -0.870. The number of amides is 1. The zero-order chi connectivity index (χ0) is 69.0. The van der Waals surface area contributed by atoms with Crippen LogP contribution in [0.4, 0.5) is 0 Å². The van der Waals surface area contributed by atoms with Crippen LogP contribution < -0.4 is 5.32 Å². The molecule has 0 spiro atoms. The summed E-state index contributed by atoms with van der Waals surface area (Å²) in [5, 5.41) is 14.0. The number of aliphatic hydroxyl groups is 1. The van der Waals surface area contributed by atoms with Gasteiger partial charge in [-0.05, 0) is 128 Å². The summed E-state index contributed by atoms with van der Waals surface area (Å²) in [6, 6.07) is -0.891. The normalized spacial score (nSPS) is 14.5. The molecule has 0 radical (unpaired) electrons. The molecule has 3 N–H and O–H groups in total. The monoisotopic (exact) mass is 1340 g/mol. The average Bonchev–Trinajstić information content (AvgIpc) is 2.01. The quantitative estimate of drug-likeness (QED) is 0.0243. The van der Waals surface area contributed by atoms with Crippen LogP contribution in [0.2, 0.25) is 0 Å². The Hall–Kier alpha value is -4.14. The Morgan fingerprint density at radius 2 is 0.642 bits per heavy atom. The lowest BCUT2D eigenvalue weighted by atomic mass is 10.0. The van der Waals surface area contributed by atoms with Crippen molar-refractivity contribution in [2.75, 3.05) is 40.9 Å². The van der Waals surface area contributed by atoms with Crippen molar-refractivity contribution in [1.82, 2.24) is 5.32 Å². The minimum atomic E-state index is -4.39. The SMILES string of the molecule is CC/C=C\C/C=C\C/C=C\C/C=C\C/C=C\C/C=C\C/C=C\C/C=C\C/C=C\C/C=C\C/C=C\CCCCCCCCCC(=O)NC(COP(=O)(O)OCC[N+](C)(C)C)C(O)/C=C/CC/C=C/CC/C=C/CCCCCCCCCCCCCCCCCCCCCCCC. The molecule has 95 heavy (non-hydrogen) atoms. The number of carbonyl (C=O) groups excluding carboxylic acids is 1. The first-order valence-corrected chi connectivity index (χ1v) is 40.5. The molecule has 3 atom stereocenters. The molecule has 8 nitrogen and oxygen atoms in total. The van der Waals surface area contributed by atoms with E-state index in [1.54, 1.807) is 6.08 Å². The number of unbranched alkanes of at least 4 members (excludes halogenated alkanes) is 31. The zero-order valence-corrected chi connectivity index (χ0v) is 63.0. The maximum Gasteiger partial charge on any atom is 0.472 e. The van der Waals surface area contributed by atoms with Gasteiger partial charge in [-0.2, -0.15) is 0 Å². The van der Waals surface area contributed by atoms with Gasteiger partial charge < -0.3 is 19.8 Å². The minimum Gasteiger partial charge on any atom is -0.387 e. The van der Waals surface area contributed by atoms with Gasteiger partial charge in [-0.15, -0.1) is 0 Å². The number of hydrogen-bond donors (Lipinski definition) is 3. The van der Waals surface area contributed by atoms with E-state index in [1.165, 1.54) is 167 Å². The predicted octanol–water partition coefficient (Wildman–Crippen LogP) is 25.8. The molecule has 0 aliphatic rings. The van der Waals surface area contributed by atoms with Crippen LogP contribution in [-0.4, -0.2) is 73.4 Å². The van der Waals surface area contributed by atoms with Crippen LogP contribution >= 0.6 is 7.82 Å². The number of aliphatic hydroxyl groups excluding tert-OH is 1. The highest BCUT2D eigenvalue weighted by molar-refractivity contribution is 7.47. The number of allylic oxidation sites excluding steroid dienone is 27. The van der Waals surface area contributed by atoms with E-state index >= 15 is 0 Å². The Kier molecular flexibility index (Phi) is 70.9. The molecule has 0 saturated carbocycles. The third-order valence-corrected chi connectivity index (χ3v) is 17.6. The largest absolute Gasteiger partial charge is 0.472 e. The predicted molar refractivity (Wildman–Crippen MR) is 419 cm³/mol. The fourth-order valence-electron chi connectivity index (χ4n) is 10.7. The second kappa shape index (κ2) is 74.1. The van der Waals surface area contributed by atoms with Crippen LogP contribution in [0.15, 0.2) is 170 Å². The minimum absolute atomic E-state index is 0.0427. The van der Waals surface area contributed by atoms with E-state index in [-0.39, 0.29) is 19.1 Å². The molecule has 1 amide bonds. The molecule has 0 aliphatic carbocycles. The molecular weight excluding hydrogens is 1190 g/mol. The van der Waals surface area contributed by atoms with Crippen LogP contribution in [-0.2, 0) is 18.4 Å². The summed E-state index contributed by atoms with van der Waals surface area (Å²) in [5.74, 6) is -0.206. The van der Waals surface area contributed by atoms with E-state index in [0.717, 1.165) is 128 Å². The van der Waals surface area contributed by atoms with Crippen LogP contribution in [0.3, 0.4) is 0 Å². The van der Waals surface area contributed by atoms with Crippen LogP contribution in [0.1, 0.15) is 316 Å². The molecule has 0 aromatic heterocycles. The van der Waals surface area contributed by atoms with Crippen molar-refractivity contribution in [2.45, 2.75) is 328 Å². The molecule has 0 bridgehead atoms. The standard InChI is InChI=1S/C86H147N2O6P/c1-6-8-10-12-14-16-18-20-22-24-26-28-30-32-34-36-38-40-41-42-43-44-45-46-47-48-50-52-54-56-58-60-62-64-66-68-70-72-74-76-78-80-86(90)87-84(83-94-95(91,92)93-82-81-88(3,4)5)85(89)79-77-75-73-71-69-67-65-63-61-59-57-55-53-51-49-39-37-35-33-31-29-27-25-23-21-19-17-15-13-11-9-7-2/h8,10,14,16,20,22,26,28,32,34,38,40,42-43,45-46,48,50,54,56,60-63,69,71,77,79,84-85,89H,6-7,9,11-13,15,17-19,21,23-25,27,29-31,33,35-37,39,41,44,47,49,51-53,55,57-59,64-68,70,72-76,78,80-83H2,1-5H3,(H-,87,90,91,92)/p+1/b10-8-,16-14-,22-20-,28-26-,34-32-,40-38-,43-42-,46-45-,50-48-,56-54-,62-60-,63-61+,71-69+,79-77+. The Labute approximate surface area is 587 Å². The Morgan fingerprint density at radius 1 is 0.368 bits per heavy atom. The maximum absolute atomic E-state index is 13.1. The van der Waals surface area contributed by atoms with Crippen molar-refractivity contribution in [3.05, 3.63) is 170 Å². The van der Waals surface area contributed by atoms with Crippen LogP contribution in [0, 0.1) is 0 Å². The van der Waals surface area contributed by atoms with Gasteiger partial charge in [0.2, 0.25) is 5.91 Å². The number of nitrogens with one attached hydrogen (secondary N) is 1. The second-order valence-electron chi connectivity index (χ2n) is 27.0. The molecule has 0 rings (SSSR count). The number of phosphoric acid groups is 1. The summed E-state index contributed by atoms with van der Waals surface area (Å²) in [7, 11) is 1.52. The van der Waals surface area contributed by atoms with Crippen molar-refractivity contribution in [3.63, 3.8) is 0 Å². The first kappa shape index (κ1) is 90.9. The molecule has 3 unspecified atom stereocenters. The molecule has 0 aromatic rings. The molecule has 0 fully saturated rings. The molecule has 9 heteroatoms. The van der Waals surface area contributed by atoms with E-state index in [0.29, 0.717) is 17.4 Å². The van der Waals surface area contributed by atoms with Crippen molar-refractivity contribution >= 4 is 13.7 Å². The van der Waals surface area contributed by atoms with Crippen molar-refractivity contribution in [2.24, 2.45) is 0 Å². The number of hydrogen-bond acceptors (Lipinski definition) is 5.